The van der Waals surface area contributed by atoms with Crippen molar-refractivity contribution in [1.29, 1.82) is 0 Å². The Bertz CT molecular complexity index is 686. The van der Waals surface area contributed by atoms with Crippen molar-refractivity contribution in [1.82, 2.24) is 4.98 Å². The van der Waals surface area contributed by atoms with E-state index in [0.717, 1.165) is 0 Å². The third-order valence-corrected chi connectivity index (χ3v) is 3.61. The highest BCUT2D eigenvalue weighted by Gasteiger charge is 2.14. The Balaban J connectivity index is 2.35. The van der Waals surface area contributed by atoms with Crippen molar-refractivity contribution in [2.75, 3.05) is 7.11 Å². The first-order chi connectivity index (χ1) is 9.99. The smallest absolute Gasteiger partial charge is 0.308 e. The summed E-state index contributed by atoms with van der Waals surface area (Å²) in [6.45, 7) is 0. The summed E-state index contributed by atoms with van der Waals surface area (Å²) in [6, 6.07) is 4.70. The van der Waals surface area contributed by atoms with E-state index < -0.39 is 10.3 Å². The second kappa shape index (κ2) is 7.31. The van der Waals surface area contributed by atoms with Crippen molar-refractivity contribution in [2.24, 2.45) is 0 Å². The van der Waals surface area contributed by atoms with Crippen molar-refractivity contribution < 1.29 is 17.9 Å². The van der Waals surface area contributed by atoms with Crippen molar-refractivity contribution >= 4 is 48.5 Å². The Kier molecular flexibility index (Phi) is 5.69. The summed E-state index contributed by atoms with van der Waals surface area (Å²) in [4.78, 5) is 3.92. The van der Waals surface area contributed by atoms with Crippen LogP contribution in [-0.4, -0.2) is 16.3 Å². The third kappa shape index (κ3) is 4.47. The average Bonchev–Trinajstić information content (AvgIpc) is 2.41. The zero-order valence-corrected chi connectivity index (χ0v) is 14.4. The van der Waals surface area contributed by atoms with Gasteiger partial charge in [-0.15, -0.1) is 0 Å². The van der Waals surface area contributed by atoms with E-state index in [-0.39, 0.29) is 5.75 Å². The second-order valence-corrected chi connectivity index (χ2v) is 6.25. The van der Waals surface area contributed by atoms with Crippen LogP contribution in [0.15, 0.2) is 35.1 Å². The number of aromatic nitrogens is 1. The summed E-state index contributed by atoms with van der Waals surface area (Å²) in [6.07, 6.45) is 3.01. The molecule has 1 aromatic carbocycles. The first-order valence-electron chi connectivity index (χ1n) is 5.42. The number of rotatable bonds is 5. The molecule has 9 heteroatoms. The molecule has 0 amide bonds. The SMILES string of the molecule is COc1cc(OS(=O)Cl)c(Br)cc1Oc1cncc(Cl)c1. The Labute approximate surface area is 141 Å². The quantitative estimate of drug-likeness (QED) is 0.677. The van der Waals surface area contributed by atoms with E-state index in [9.17, 15) is 4.21 Å². The van der Waals surface area contributed by atoms with E-state index >= 15 is 0 Å². The highest BCUT2D eigenvalue weighted by atomic mass is 79.9. The molecule has 112 valence electrons. The molecule has 1 aromatic heterocycles. The molecule has 0 N–H and O–H groups in total. The highest BCUT2D eigenvalue weighted by Crippen LogP contribution is 2.40. The fourth-order valence-corrected chi connectivity index (χ4v) is 2.62. The molecule has 1 unspecified atom stereocenters. The first-order valence-corrected chi connectivity index (χ1v) is 8.49. The molecule has 5 nitrogen and oxygen atoms in total. The molecule has 0 radical (unpaired) electrons. The molecule has 1 atom stereocenters. The van der Waals surface area contributed by atoms with Gasteiger partial charge in [-0.2, -0.15) is 4.21 Å². The molecule has 0 aliphatic carbocycles. The summed E-state index contributed by atoms with van der Waals surface area (Å²) < 4.78 is 27.2. The molecule has 0 saturated heterocycles. The van der Waals surface area contributed by atoms with Crippen LogP contribution in [0, 0.1) is 0 Å². The molecule has 0 saturated carbocycles. The summed E-state index contributed by atoms with van der Waals surface area (Å²) in [7, 11) is 4.80. The lowest BCUT2D eigenvalue weighted by atomic mass is 10.3. The zero-order chi connectivity index (χ0) is 15.4. The maximum Gasteiger partial charge on any atom is 0.308 e. The Hall–Kier alpha value is -1.02. The molecule has 21 heavy (non-hydrogen) atoms. The molecular formula is C12H8BrCl2NO4S. The van der Waals surface area contributed by atoms with E-state index in [4.69, 9.17) is 35.9 Å². The zero-order valence-electron chi connectivity index (χ0n) is 10.5. The fourth-order valence-electron chi connectivity index (χ4n) is 1.47. The predicted octanol–water partition coefficient (Wildman–Crippen LogP) is 4.49. The van der Waals surface area contributed by atoms with E-state index in [1.54, 1.807) is 12.1 Å². The number of ether oxygens (including phenoxy) is 2. The van der Waals surface area contributed by atoms with Gasteiger partial charge < -0.3 is 13.7 Å². The van der Waals surface area contributed by atoms with E-state index in [1.165, 1.54) is 25.6 Å². The molecule has 2 aromatic rings. The predicted molar refractivity (Wildman–Crippen MR) is 84.6 cm³/mol. The number of nitrogens with zero attached hydrogens (tertiary/aromatic N) is 1. The minimum atomic E-state index is -1.97. The summed E-state index contributed by atoms with van der Waals surface area (Å²) in [5.74, 6) is 1.48. The van der Waals surface area contributed by atoms with Crippen LogP contribution < -0.4 is 13.7 Å². The Morgan fingerprint density at radius 1 is 1.19 bits per heavy atom. The average molecular weight is 413 g/mol. The minimum Gasteiger partial charge on any atom is -0.493 e. The minimum absolute atomic E-state index is 0.261. The largest absolute Gasteiger partial charge is 0.493 e. The first kappa shape index (κ1) is 16.4. The molecular weight excluding hydrogens is 405 g/mol. The van der Waals surface area contributed by atoms with Gasteiger partial charge in [0.15, 0.2) is 17.2 Å². The van der Waals surface area contributed by atoms with Crippen molar-refractivity contribution in [3.8, 4) is 23.0 Å². The fraction of sp³-hybridized carbons (Fsp3) is 0.0833. The molecule has 1 heterocycles. The number of halogens is 3. The lowest BCUT2D eigenvalue weighted by molar-refractivity contribution is 0.376. The standard InChI is InChI=1S/C12H8BrCl2NO4S/c1-18-11-4-10(20-21(15)17)9(13)3-12(11)19-8-2-7(14)5-16-6-8/h2-6H,1H3. The maximum absolute atomic E-state index is 10.9. The third-order valence-electron chi connectivity index (χ3n) is 2.28. The van der Waals surface area contributed by atoms with Crippen molar-refractivity contribution in [3.63, 3.8) is 0 Å². The molecule has 0 spiro atoms. The monoisotopic (exact) mass is 411 g/mol. The van der Waals surface area contributed by atoms with Crippen molar-refractivity contribution in [3.05, 3.63) is 40.1 Å². The van der Waals surface area contributed by atoms with Crippen LogP contribution in [0.25, 0.3) is 0 Å². The van der Waals surface area contributed by atoms with Gasteiger partial charge in [-0.1, -0.05) is 11.6 Å². The van der Waals surface area contributed by atoms with Gasteiger partial charge in [0, 0.05) is 35.1 Å². The summed E-state index contributed by atoms with van der Waals surface area (Å²) in [5, 5.41) is 0.447. The topological polar surface area (TPSA) is 57.7 Å². The van der Waals surface area contributed by atoms with Gasteiger partial charge in [0.2, 0.25) is 0 Å². The van der Waals surface area contributed by atoms with E-state index in [1.807, 2.05) is 0 Å². The van der Waals surface area contributed by atoms with Gasteiger partial charge in [0.1, 0.15) is 5.75 Å². The number of pyridine rings is 1. The second-order valence-electron chi connectivity index (χ2n) is 3.65. The van der Waals surface area contributed by atoms with Crippen LogP contribution in [0.3, 0.4) is 0 Å². The van der Waals surface area contributed by atoms with E-state index in [0.29, 0.717) is 26.7 Å². The van der Waals surface area contributed by atoms with Crippen molar-refractivity contribution in [2.45, 2.75) is 0 Å². The van der Waals surface area contributed by atoms with Crippen LogP contribution in [-0.2, 0) is 10.3 Å². The van der Waals surface area contributed by atoms with Gasteiger partial charge in [0.05, 0.1) is 22.8 Å². The summed E-state index contributed by atoms with van der Waals surface area (Å²) >= 11 is 9.12. The van der Waals surface area contributed by atoms with Crippen LogP contribution in [0.5, 0.6) is 23.0 Å². The van der Waals surface area contributed by atoms with Gasteiger partial charge in [0.25, 0.3) is 0 Å². The van der Waals surface area contributed by atoms with Gasteiger partial charge in [-0.05, 0) is 15.9 Å². The number of hydrogen-bond acceptors (Lipinski definition) is 5. The number of hydrogen-bond donors (Lipinski definition) is 0. The molecule has 0 aliphatic heterocycles. The Morgan fingerprint density at radius 3 is 2.57 bits per heavy atom. The molecule has 0 fully saturated rings. The van der Waals surface area contributed by atoms with Crippen LogP contribution in [0.2, 0.25) is 5.02 Å². The van der Waals surface area contributed by atoms with Gasteiger partial charge >= 0.3 is 10.3 Å². The lowest BCUT2D eigenvalue weighted by Gasteiger charge is -2.12. The molecule has 2 rings (SSSR count). The summed E-state index contributed by atoms with van der Waals surface area (Å²) in [5.41, 5.74) is 0. The van der Waals surface area contributed by atoms with E-state index in [2.05, 4.69) is 20.9 Å². The Morgan fingerprint density at radius 2 is 1.95 bits per heavy atom. The normalized spacial score (nSPS) is 11.8. The number of benzene rings is 1. The lowest BCUT2D eigenvalue weighted by Crippen LogP contribution is -1.96. The van der Waals surface area contributed by atoms with Gasteiger partial charge in [-0.25, -0.2) is 0 Å². The van der Waals surface area contributed by atoms with Crippen LogP contribution >= 0.6 is 38.2 Å². The maximum atomic E-state index is 10.9. The molecule has 0 aliphatic rings. The number of methoxy groups -OCH3 is 1. The van der Waals surface area contributed by atoms with Crippen LogP contribution in [0.4, 0.5) is 0 Å². The van der Waals surface area contributed by atoms with Crippen LogP contribution in [0.1, 0.15) is 0 Å². The highest BCUT2D eigenvalue weighted by molar-refractivity contribution is 9.10. The molecule has 0 bridgehead atoms. The van der Waals surface area contributed by atoms with Gasteiger partial charge in [-0.3, -0.25) is 4.98 Å².